The van der Waals surface area contributed by atoms with Crippen LogP contribution in [0.5, 0.6) is 5.75 Å². The topological polar surface area (TPSA) is 828 Å². The number of benzene rings is 1. The number of aliphatic carboxylic acids is 4. The molecule has 1 aromatic carbocycles. The Labute approximate surface area is 753 Å². The zero-order valence-electron chi connectivity index (χ0n) is 71.9. The molecule has 0 saturated carbocycles. The van der Waals surface area contributed by atoms with Crippen molar-refractivity contribution in [1.29, 1.82) is 0 Å². The van der Waals surface area contributed by atoms with E-state index in [0.717, 1.165) is 33.4 Å². The number of nitrogens with zero attached hydrogens (tertiary/aromatic N) is 4. The molecular weight excluding hydrogens is 1760 g/mol. The third-order valence-corrected chi connectivity index (χ3v) is 22.0. The van der Waals surface area contributed by atoms with Gasteiger partial charge in [0.15, 0.2) is 6.04 Å². The highest BCUT2D eigenvalue weighted by molar-refractivity contribution is 7.80. The molecule has 0 aromatic heterocycles. The molecule has 0 aliphatic carbocycles. The number of rotatable bonds is 54. The monoisotopic (exact) mass is 1880 g/mol. The van der Waals surface area contributed by atoms with Gasteiger partial charge in [0, 0.05) is 57.6 Å². The fourth-order valence-electron chi connectivity index (χ4n) is 14.7. The standard InChI is InChI=1S/C78H117N21O31S/c1-37(63(114)86-44(19-22-59(108)109)66(117)87-43(18-21-55(81)104)65(116)84-32-57(106)83-33-58(107)96-25-5-10-51(96)73(124)89-42(9-3-4-24-79)68(119)95-62(38(2)102)78(129)130)85-72(123)52-11-6-26-97(52)75(126)48(31-61(112)113)92-74(125)53-12-7-27-98(53)77(128)54-13-8-28-99(54)76(127)50(36-131)94-71(122)49(35-101)93-67(118)45(20-23-60(110)111)88-70(121)47(30-56(82)105)91-69(120)46(90-64(115)41(80)34-100)29-39-14-16-40(103)17-15-39/h14-17,37-38,41-54,62,100-103,131H,3-13,18-36,79-80H2,1-2H3,(H2,81,104)(H2,82,105)(H,83,106)(H,84,116)(H,85,123)(H,86,114)(H,87,117)(H,88,121)(H,89,124)(H,90,115)(H,91,120)(H,92,125)(H,93,118)(H,94,122)(H,95,119)(H,108,109)(H,110,111)(H,112,113)(H,129,130)/t37-,38+,41-,42-,43-,44-,45-,46-,47-,48-,49-,50-,51-,52-,53-,54-,62-/m0/s1. The molecule has 17 atom stereocenters. The highest BCUT2D eigenvalue weighted by Crippen LogP contribution is 2.28. The molecule has 0 radical (unpaired) electrons. The van der Waals surface area contributed by atoms with E-state index in [0.29, 0.717) is 24.8 Å². The number of carboxylic acid groups (broad SMARTS) is 4. The van der Waals surface area contributed by atoms with Crippen molar-refractivity contribution in [3.8, 4) is 5.75 Å². The second-order valence-corrected chi connectivity index (χ2v) is 32.0. The maximum Gasteiger partial charge on any atom is 0.328 e. The van der Waals surface area contributed by atoms with Crippen LogP contribution in [0.4, 0.5) is 0 Å². The summed E-state index contributed by atoms with van der Waals surface area (Å²) in [5, 5.41) is 108. The summed E-state index contributed by atoms with van der Waals surface area (Å²) in [4.78, 5) is 311. The van der Waals surface area contributed by atoms with Crippen LogP contribution in [-0.4, -0.2) is 364 Å². The van der Waals surface area contributed by atoms with Crippen LogP contribution in [0, 0.1) is 0 Å². The molecule has 131 heavy (non-hydrogen) atoms. The molecule has 4 fully saturated rings. The van der Waals surface area contributed by atoms with Crippen LogP contribution in [0.25, 0.3) is 0 Å². The molecule has 53 heteroatoms. The summed E-state index contributed by atoms with van der Waals surface area (Å²) in [5.41, 5.74) is 22.3. The predicted molar refractivity (Wildman–Crippen MR) is 450 cm³/mol. The van der Waals surface area contributed by atoms with Crippen molar-refractivity contribution in [3.05, 3.63) is 29.8 Å². The smallest absolute Gasteiger partial charge is 0.328 e. The summed E-state index contributed by atoms with van der Waals surface area (Å²) in [6.45, 7) is -1.60. The summed E-state index contributed by atoms with van der Waals surface area (Å²) in [7, 11) is 0. The van der Waals surface area contributed by atoms with E-state index in [4.69, 9.17) is 22.9 Å². The van der Waals surface area contributed by atoms with Crippen molar-refractivity contribution in [1.82, 2.24) is 88.7 Å². The van der Waals surface area contributed by atoms with Crippen molar-refractivity contribution in [2.45, 2.75) is 245 Å². The van der Waals surface area contributed by atoms with Crippen LogP contribution in [0.2, 0.25) is 0 Å². The van der Waals surface area contributed by atoms with Crippen molar-refractivity contribution in [2.75, 3.05) is 64.8 Å². The molecule has 19 amide bonds. The van der Waals surface area contributed by atoms with Crippen LogP contribution < -0.4 is 92.1 Å². The molecule has 4 saturated heterocycles. The van der Waals surface area contributed by atoms with Gasteiger partial charge in [0.25, 0.3) is 0 Å². The fraction of sp³-hybridized carbons (Fsp3) is 0.628. The maximum atomic E-state index is 14.6. The lowest BCUT2D eigenvalue weighted by atomic mass is 10.0. The van der Waals surface area contributed by atoms with Crippen LogP contribution in [0.3, 0.4) is 0 Å². The van der Waals surface area contributed by atoms with Crippen LogP contribution in [0.1, 0.15) is 141 Å². The van der Waals surface area contributed by atoms with Gasteiger partial charge in [0.05, 0.1) is 45.2 Å². The lowest BCUT2D eigenvalue weighted by Crippen LogP contribution is -2.61. The van der Waals surface area contributed by atoms with E-state index >= 15 is 0 Å². The Morgan fingerprint density at radius 1 is 0.435 bits per heavy atom. The molecule has 726 valence electrons. The maximum absolute atomic E-state index is 14.6. The number of phenols is 1. The number of thiol groups is 1. The summed E-state index contributed by atoms with van der Waals surface area (Å²) in [6.07, 6.45) is -6.56. The average molecular weight is 1880 g/mol. The molecule has 4 aliphatic rings. The lowest BCUT2D eigenvalue weighted by molar-refractivity contribution is -0.149. The van der Waals surface area contributed by atoms with Gasteiger partial charge in [-0.15, -0.1) is 0 Å². The molecule has 0 unspecified atom stereocenters. The van der Waals surface area contributed by atoms with Gasteiger partial charge in [0.1, 0.15) is 96.4 Å². The van der Waals surface area contributed by atoms with E-state index in [2.05, 4.69) is 81.7 Å². The molecule has 0 spiro atoms. The number of aliphatic hydroxyl groups is 3. The van der Waals surface area contributed by atoms with Crippen LogP contribution in [-0.2, 0) is 117 Å². The first-order valence-corrected chi connectivity index (χ1v) is 42.8. The number of carbonyl (C=O) groups is 23. The number of primary amides is 2. The van der Waals surface area contributed by atoms with E-state index in [-0.39, 0.29) is 96.3 Å². The largest absolute Gasteiger partial charge is 0.508 e. The number of hydrogen-bond acceptors (Lipinski definition) is 30. The van der Waals surface area contributed by atoms with E-state index < -0.39 is 322 Å². The first-order valence-electron chi connectivity index (χ1n) is 42.1. The van der Waals surface area contributed by atoms with E-state index in [1.54, 1.807) is 0 Å². The Morgan fingerprint density at radius 3 is 1.39 bits per heavy atom. The molecule has 1 aromatic rings. The van der Waals surface area contributed by atoms with E-state index in [1.807, 2.05) is 0 Å². The molecule has 0 bridgehead atoms. The Balaban J connectivity index is 1.20. The van der Waals surface area contributed by atoms with Gasteiger partial charge in [-0.05, 0) is 128 Å². The summed E-state index contributed by atoms with van der Waals surface area (Å²) in [5.74, 6) is -26.9. The number of aliphatic hydroxyl groups excluding tert-OH is 3. The van der Waals surface area contributed by atoms with Crippen molar-refractivity contribution < 1.29 is 151 Å². The Morgan fingerprint density at radius 2 is 0.870 bits per heavy atom. The summed E-state index contributed by atoms with van der Waals surface area (Å²) in [6, 6.07) is -20.8. The van der Waals surface area contributed by atoms with E-state index in [9.17, 15) is 151 Å². The second kappa shape index (κ2) is 53.2. The lowest BCUT2D eigenvalue weighted by Gasteiger charge is -2.34. The minimum absolute atomic E-state index is 0.00668. The third kappa shape index (κ3) is 34.1. The van der Waals surface area contributed by atoms with Gasteiger partial charge in [-0.1, -0.05) is 12.1 Å². The first-order chi connectivity index (χ1) is 61.8. The van der Waals surface area contributed by atoms with Gasteiger partial charge in [-0.25, -0.2) is 4.79 Å². The van der Waals surface area contributed by atoms with Crippen molar-refractivity contribution in [3.63, 3.8) is 0 Å². The van der Waals surface area contributed by atoms with Crippen LogP contribution >= 0.6 is 12.6 Å². The number of aromatic hydroxyl groups is 1. The minimum Gasteiger partial charge on any atom is -0.508 e. The quantitative estimate of drug-likeness (QED) is 0.0213. The molecule has 4 aliphatic heterocycles. The summed E-state index contributed by atoms with van der Waals surface area (Å²) < 4.78 is 0. The Hall–Kier alpha value is -13.0. The molecule has 52 nitrogen and oxygen atoms in total. The normalized spacial score (nSPS) is 18.7. The predicted octanol–water partition coefficient (Wildman–Crippen LogP) is -12.3. The highest BCUT2D eigenvalue weighted by atomic mass is 32.1. The molecular formula is C78H117N21O31S. The third-order valence-electron chi connectivity index (χ3n) is 21.7. The minimum atomic E-state index is -1.99. The molecule has 4 heterocycles. The number of nitrogens with two attached hydrogens (primary N) is 4. The number of amides is 19. The molecule has 29 N–H and O–H groups in total. The number of hydrogen-bond donors (Lipinski definition) is 26. The fourth-order valence-corrected chi connectivity index (χ4v) is 14.9. The SMILES string of the molecule is C[C@H](NC(=O)[C@@H]1CCCN1C(=O)[C@H](CC(=O)O)NC(=O)[C@@H]1CCCN1C(=O)[C@@H]1CCCN1C(=O)[C@H](CS)NC(=O)[C@H](CO)NC(=O)[C@H](CCC(=O)O)NC(=O)[C@H](CC(N)=O)NC(=O)[C@H](Cc1ccc(O)cc1)NC(=O)[C@@H](N)CO)C(=O)N[C@@H](CCC(=O)O)C(=O)N[C@@H](CCC(N)=O)C(=O)NCC(=O)NCC(=O)N1CCC[C@H]1C(=O)N[C@@H](CCCCN)C(=O)N[C@H](C(=O)O)[C@@H](C)O. The van der Waals surface area contributed by atoms with E-state index in [1.165, 1.54) is 24.3 Å². The number of carbonyl (C=O) groups excluding carboxylic acids is 19. The Bertz CT molecular complexity index is 4340. The number of likely N-dealkylation sites (tertiary alicyclic amines) is 4. The highest BCUT2D eigenvalue weighted by Gasteiger charge is 2.47. The van der Waals surface area contributed by atoms with Gasteiger partial charge in [0.2, 0.25) is 112 Å². The van der Waals surface area contributed by atoms with Crippen LogP contribution in [0.15, 0.2) is 24.3 Å². The first kappa shape index (κ1) is 109. The average Bonchev–Trinajstić information content (AvgIpc) is 1.66. The molecule has 5 rings (SSSR count). The number of nitrogens with one attached hydrogen (secondary N) is 13. The van der Waals surface area contributed by atoms with Gasteiger partial charge in [-0.3, -0.25) is 105 Å². The van der Waals surface area contributed by atoms with Crippen molar-refractivity contribution >= 4 is 149 Å². The second-order valence-electron chi connectivity index (χ2n) is 31.6. The van der Waals surface area contributed by atoms with Gasteiger partial charge in [-0.2, -0.15) is 12.6 Å². The van der Waals surface area contributed by atoms with Gasteiger partial charge < -0.3 is 153 Å². The zero-order valence-corrected chi connectivity index (χ0v) is 72.7. The number of phenolic OH excluding ortho intramolecular Hbond substituents is 1. The van der Waals surface area contributed by atoms with Crippen molar-refractivity contribution in [2.24, 2.45) is 22.9 Å². The zero-order chi connectivity index (χ0) is 97.8. The van der Waals surface area contributed by atoms with Gasteiger partial charge >= 0.3 is 23.9 Å². The number of unbranched alkanes of at least 4 members (excludes halogenated alkanes) is 1. The Kier molecular flexibility index (Phi) is 44.1. The number of carboxylic acids is 4. The summed E-state index contributed by atoms with van der Waals surface area (Å²) >= 11 is 4.23.